The van der Waals surface area contributed by atoms with Gasteiger partial charge in [-0.3, -0.25) is 0 Å². The standard InChI is InChI=1S/C36H56N2/c1-3-5-7-9-10-12-14-30-17-21-33(22-18-30)35-27-37-36(38-28-35)34-25-23-32(24-26-34)31-19-15-29(16-20-31)13-11-8-6-4-2/h23-31,33H,3-22H2,1-2H3/t29-,30-,31-,33-. The van der Waals surface area contributed by atoms with Gasteiger partial charge in [0.2, 0.25) is 0 Å². The van der Waals surface area contributed by atoms with Crippen molar-refractivity contribution in [2.45, 2.75) is 154 Å². The summed E-state index contributed by atoms with van der Waals surface area (Å²) in [5.74, 6) is 4.22. The Bertz CT molecular complexity index is 871. The molecule has 0 atom stereocenters. The van der Waals surface area contributed by atoms with E-state index < -0.39 is 0 Å². The van der Waals surface area contributed by atoms with Gasteiger partial charge in [0.15, 0.2) is 5.82 Å². The van der Waals surface area contributed by atoms with Crippen LogP contribution in [0, 0.1) is 11.8 Å². The van der Waals surface area contributed by atoms with Crippen molar-refractivity contribution in [2.24, 2.45) is 11.8 Å². The zero-order valence-corrected chi connectivity index (χ0v) is 24.8. The summed E-state index contributed by atoms with van der Waals surface area (Å²) < 4.78 is 0. The van der Waals surface area contributed by atoms with Crippen LogP contribution >= 0.6 is 0 Å². The summed E-state index contributed by atoms with van der Waals surface area (Å²) in [5, 5.41) is 0. The number of rotatable bonds is 15. The Morgan fingerprint density at radius 3 is 1.50 bits per heavy atom. The maximum Gasteiger partial charge on any atom is 0.159 e. The molecular weight excluding hydrogens is 460 g/mol. The van der Waals surface area contributed by atoms with Crippen molar-refractivity contribution in [2.75, 3.05) is 0 Å². The molecule has 210 valence electrons. The fourth-order valence-corrected chi connectivity index (χ4v) is 7.24. The Hall–Kier alpha value is -1.70. The molecule has 2 fully saturated rings. The molecule has 0 spiro atoms. The summed E-state index contributed by atoms with van der Waals surface area (Å²) in [4.78, 5) is 9.62. The Labute approximate surface area is 234 Å². The van der Waals surface area contributed by atoms with Crippen LogP contribution in [0.15, 0.2) is 36.7 Å². The minimum atomic E-state index is 0.661. The lowest BCUT2D eigenvalue weighted by molar-refractivity contribution is 0.301. The van der Waals surface area contributed by atoms with Gasteiger partial charge in [-0.1, -0.05) is 115 Å². The van der Waals surface area contributed by atoms with Gasteiger partial charge in [0.05, 0.1) is 0 Å². The average molecular weight is 517 g/mol. The van der Waals surface area contributed by atoms with Crippen LogP contribution in [0.3, 0.4) is 0 Å². The van der Waals surface area contributed by atoms with Crippen LogP contribution in [0.4, 0.5) is 0 Å². The Morgan fingerprint density at radius 1 is 0.526 bits per heavy atom. The van der Waals surface area contributed by atoms with Gasteiger partial charge in [-0.05, 0) is 86.2 Å². The van der Waals surface area contributed by atoms with Gasteiger partial charge in [0.1, 0.15) is 0 Å². The maximum absolute atomic E-state index is 4.81. The van der Waals surface area contributed by atoms with Gasteiger partial charge in [-0.25, -0.2) is 9.97 Å². The van der Waals surface area contributed by atoms with E-state index >= 15 is 0 Å². The molecule has 0 bridgehead atoms. The molecule has 38 heavy (non-hydrogen) atoms. The third kappa shape index (κ3) is 9.20. The molecule has 2 aliphatic carbocycles. The molecule has 0 radical (unpaired) electrons. The van der Waals surface area contributed by atoms with E-state index in [0.717, 1.165) is 29.1 Å². The summed E-state index contributed by atoms with van der Waals surface area (Å²) in [7, 11) is 0. The summed E-state index contributed by atoms with van der Waals surface area (Å²) in [6.07, 6.45) is 32.3. The van der Waals surface area contributed by atoms with Crippen LogP contribution in [-0.2, 0) is 0 Å². The number of hydrogen-bond acceptors (Lipinski definition) is 2. The van der Waals surface area contributed by atoms with Gasteiger partial charge in [0.25, 0.3) is 0 Å². The number of benzene rings is 1. The van der Waals surface area contributed by atoms with Crippen LogP contribution in [0.1, 0.15) is 165 Å². The van der Waals surface area contributed by atoms with Crippen molar-refractivity contribution in [1.29, 1.82) is 0 Å². The first kappa shape index (κ1) is 29.3. The zero-order valence-electron chi connectivity index (χ0n) is 24.8. The molecule has 1 aromatic heterocycles. The third-order valence-corrected chi connectivity index (χ3v) is 9.91. The molecule has 2 saturated carbocycles. The average Bonchev–Trinajstić information content (AvgIpc) is 2.98. The van der Waals surface area contributed by atoms with Gasteiger partial charge < -0.3 is 0 Å². The quantitative estimate of drug-likeness (QED) is 0.220. The van der Waals surface area contributed by atoms with Gasteiger partial charge in [-0.2, -0.15) is 0 Å². The van der Waals surface area contributed by atoms with Crippen LogP contribution in [-0.4, -0.2) is 9.97 Å². The van der Waals surface area contributed by atoms with Crippen LogP contribution in [0.25, 0.3) is 11.4 Å². The highest BCUT2D eigenvalue weighted by Gasteiger charge is 2.24. The largest absolute Gasteiger partial charge is 0.236 e. The fraction of sp³-hybridized carbons (Fsp3) is 0.722. The summed E-state index contributed by atoms with van der Waals surface area (Å²) in [5.41, 5.74) is 4.04. The SMILES string of the molecule is CCCCCCCC[C@H]1CC[C@H](c2cnc(-c3ccc([C@H]4CC[C@H](CCCCCC)CC4)cc3)nc2)CC1. The second-order valence-corrected chi connectivity index (χ2v) is 12.8. The van der Waals surface area contributed by atoms with Crippen LogP contribution in [0.5, 0.6) is 0 Å². The first-order chi connectivity index (χ1) is 18.8. The Balaban J connectivity index is 1.18. The van der Waals surface area contributed by atoms with E-state index in [2.05, 4.69) is 50.5 Å². The van der Waals surface area contributed by atoms with Crippen molar-refractivity contribution in [1.82, 2.24) is 9.97 Å². The highest BCUT2D eigenvalue weighted by molar-refractivity contribution is 5.55. The third-order valence-electron chi connectivity index (χ3n) is 9.91. The van der Waals surface area contributed by atoms with Crippen molar-refractivity contribution in [3.63, 3.8) is 0 Å². The molecule has 1 aromatic carbocycles. The van der Waals surface area contributed by atoms with Gasteiger partial charge in [0, 0.05) is 18.0 Å². The fourth-order valence-electron chi connectivity index (χ4n) is 7.24. The van der Waals surface area contributed by atoms with Gasteiger partial charge in [-0.15, -0.1) is 0 Å². The van der Waals surface area contributed by atoms with E-state index in [4.69, 9.17) is 9.97 Å². The lowest BCUT2D eigenvalue weighted by Gasteiger charge is -2.29. The predicted molar refractivity (Wildman–Crippen MR) is 164 cm³/mol. The van der Waals surface area contributed by atoms with Gasteiger partial charge >= 0.3 is 0 Å². The predicted octanol–water partition coefficient (Wildman–Crippen LogP) is 11.4. The topological polar surface area (TPSA) is 25.8 Å². The molecule has 1 heterocycles. The van der Waals surface area contributed by atoms with Crippen LogP contribution < -0.4 is 0 Å². The monoisotopic (exact) mass is 516 g/mol. The second-order valence-electron chi connectivity index (χ2n) is 12.8. The molecule has 4 rings (SSSR count). The van der Waals surface area contributed by atoms with E-state index in [9.17, 15) is 0 Å². The summed E-state index contributed by atoms with van der Waals surface area (Å²) >= 11 is 0. The Morgan fingerprint density at radius 2 is 0.974 bits per heavy atom. The molecule has 2 heteroatoms. The minimum absolute atomic E-state index is 0.661. The van der Waals surface area contributed by atoms with E-state index in [0.29, 0.717) is 5.92 Å². The maximum atomic E-state index is 4.81. The van der Waals surface area contributed by atoms with E-state index in [1.807, 2.05) is 0 Å². The number of unbranched alkanes of at least 4 members (excludes halogenated alkanes) is 8. The molecule has 0 amide bonds. The smallest absolute Gasteiger partial charge is 0.159 e. The molecule has 2 aromatic rings. The highest BCUT2D eigenvalue weighted by Crippen LogP contribution is 2.39. The van der Waals surface area contributed by atoms with Crippen LogP contribution in [0.2, 0.25) is 0 Å². The van der Waals surface area contributed by atoms with E-state index in [-0.39, 0.29) is 0 Å². The number of aromatic nitrogens is 2. The lowest BCUT2D eigenvalue weighted by atomic mass is 9.77. The van der Waals surface area contributed by atoms with E-state index in [1.165, 1.54) is 140 Å². The molecule has 0 saturated heterocycles. The molecular formula is C36H56N2. The van der Waals surface area contributed by atoms with Crippen molar-refractivity contribution < 1.29 is 0 Å². The normalized spacial score (nSPS) is 23.9. The highest BCUT2D eigenvalue weighted by atomic mass is 14.9. The Kier molecular flexibility index (Phi) is 12.7. The summed E-state index contributed by atoms with van der Waals surface area (Å²) in [6.45, 7) is 4.61. The van der Waals surface area contributed by atoms with Crippen molar-refractivity contribution in [3.8, 4) is 11.4 Å². The van der Waals surface area contributed by atoms with Crippen molar-refractivity contribution in [3.05, 3.63) is 47.8 Å². The lowest BCUT2D eigenvalue weighted by Crippen LogP contribution is -2.14. The molecule has 0 unspecified atom stereocenters. The first-order valence-corrected chi connectivity index (χ1v) is 16.7. The minimum Gasteiger partial charge on any atom is -0.236 e. The molecule has 2 nitrogen and oxygen atoms in total. The van der Waals surface area contributed by atoms with E-state index in [1.54, 1.807) is 0 Å². The summed E-state index contributed by atoms with van der Waals surface area (Å²) in [6, 6.07) is 9.22. The van der Waals surface area contributed by atoms with Crippen molar-refractivity contribution >= 4 is 0 Å². The number of hydrogen-bond donors (Lipinski definition) is 0. The zero-order chi connectivity index (χ0) is 26.4. The molecule has 2 aliphatic rings. The number of nitrogens with zero attached hydrogens (tertiary/aromatic N) is 2. The first-order valence-electron chi connectivity index (χ1n) is 16.7. The molecule has 0 aliphatic heterocycles. The molecule has 0 N–H and O–H groups in total. The second kappa shape index (κ2) is 16.4.